The first kappa shape index (κ1) is 38.2. The molecule has 1 aliphatic carbocycles. The number of rotatable bonds is 18. The summed E-state index contributed by atoms with van der Waals surface area (Å²) in [6.45, 7) is -0.139. The fraction of sp³-hybridized carbons (Fsp3) is 0.485. The number of amides is 4. The lowest BCUT2D eigenvalue weighted by atomic mass is 9.66. The summed E-state index contributed by atoms with van der Waals surface area (Å²) in [6.07, 6.45) is 15.5. The number of hydrogen-bond acceptors (Lipinski definition) is 6. The second-order valence-electron chi connectivity index (χ2n) is 11.1. The maximum atomic E-state index is 14.2. The van der Waals surface area contributed by atoms with Crippen molar-refractivity contribution in [2.45, 2.75) is 76.2 Å². The lowest BCUT2D eigenvalue weighted by molar-refractivity contribution is -0.153. The molecule has 1 saturated carbocycles. The fourth-order valence-corrected chi connectivity index (χ4v) is 5.05. The predicted octanol–water partition coefficient (Wildman–Crippen LogP) is 2.54. The molecule has 0 spiro atoms. The normalized spacial score (nSPS) is 13.0. The van der Waals surface area contributed by atoms with Crippen LogP contribution in [0.4, 0.5) is 17.6 Å². The summed E-state index contributed by atoms with van der Waals surface area (Å²) in [7, 11) is 0. The molecule has 4 amide bonds. The molecule has 10 nitrogen and oxygen atoms in total. The van der Waals surface area contributed by atoms with Crippen molar-refractivity contribution in [1.29, 1.82) is 0 Å². The van der Waals surface area contributed by atoms with Gasteiger partial charge in [-0.2, -0.15) is 8.78 Å². The zero-order valence-corrected chi connectivity index (χ0v) is 25.7. The van der Waals surface area contributed by atoms with Gasteiger partial charge in [0.25, 0.3) is 0 Å². The topological polar surface area (TPSA) is 143 Å². The highest BCUT2D eigenvalue weighted by Crippen LogP contribution is 2.46. The third kappa shape index (κ3) is 11.4. The highest BCUT2D eigenvalue weighted by molar-refractivity contribution is 5.83. The first-order valence-electron chi connectivity index (χ1n) is 14.8. The standard InChI is InChI=1S/C33H36F4N4O6/c1-4-18-38-24(42)9-15-33(16-10-25(43)39-19-5-2,17-11-26(44)40-20-6-3)41-27(45)8-14-32(12-7-13-32)31(46)47-30-28(36)22(34)21-23(35)29(30)37/h1-3,21H,7-20H2,(H,38,42)(H,39,43)(H,40,44)(H,41,45). The minimum atomic E-state index is -1.88. The van der Waals surface area contributed by atoms with Crippen LogP contribution in [0.15, 0.2) is 6.07 Å². The molecule has 1 fully saturated rings. The highest BCUT2D eigenvalue weighted by atomic mass is 19.2. The SMILES string of the molecule is C#CCNC(=O)CCC(CCC(=O)NCC#C)(CCC(=O)NCC#C)NC(=O)CCC1(C(=O)Oc2c(F)c(F)cc(F)c2F)CCC1. The summed E-state index contributed by atoms with van der Waals surface area (Å²) in [5.74, 6) is -5.09. The number of halogens is 4. The van der Waals surface area contributed by atoms with Gasteiger partial charge in [0, 0.05) is 37.3 Å². The Morgan fingerprint density at radius 2 is 1.15 bits per heavy atom. The molecule has 1 aromatic rings. The first-order chi connectivity index (χ1) is 22.3. The maximum Gasteiger partial charge on any atom is 0.317 e. The van der Waals surface area contributed by atoms with Gasteiger partial charge in [0.2, 0.25) is 41.0 Å². The van der Waals surface area contributed by atoms with Crippen molar-refractivity contribution < 1.29 is 46.3 Å². The number of terminal acetylenes is 3. The molecule has 0 atom stereocenters. The average Bonchev–Trinajstić information content (AvgIpc) is 3.02. The molecule has 0 unspecified atom stereocenters. The van der Waals surface area contributed by atoms with E-state index in [1.54, 1.807) is 0 Å². The average molecular weight is 661 g/mol. The molecule has 0 radical (unpaired) electrons. The van der Waals surface area contributed by atoms with E-state index in [1.807, 2.05) is 0 Å². The monoisotopic (exact) mass is 660 g/mol. The molecule has 0 aliphatic heterocycles. The second kappa shape index (κ2) is 18.2. The van der Waals surface area contributed by atoms with Gasteiger partial charge in [-0.1, -0.05) is 24.2 Å². The smallest absolute Gasteiger partial charge is 0.317 e. The number of carbonyl (C=O) groups is 5. The summed E-state index contributed by atoms with van der Waals surface area (Å²) < 4.78 is 60.5. The van der Waals surface area contributed by atoms with Crippen LogP contribution >= 0.6 is 0 Å². The Balaban J connectivity index is 2.27. The van der Waals surface area contributed by atoms with Gasteiger partial charge in [-0.3, -0.25) is 24.0 Å². The molecule has 0 aromatic heterocycles. The Hall–Kier alpha value is -5.03. The van der Waals surface area contributed by atoms with E-state index in [2.05, 4.69) is 39.0 Å². The van der Waals surface area contributed by atoms with Crippen LogP contribution < -0.4 is 26.0 Å². The van der Waals surface area contributed by atoms with Gasteiger partial charge in [0.1, 0.15) is 0 Å². The van der Waals surface area contributed by atoms with E-state index in [0.29, 0.717) is 6.42 Å². The number of carbonyl (C=O) groups excluding carboxylic acids is 5. The van der Waals surface area contributed by atoms with E-state index in [9.17, 15) is 41.5 Å². The van der Waals surface area contributed by atoms with E-state index in [4.69, 9.17) is 24.0 Å². The van der Waals surface area contributed by atoms with Crippen LogP contribution in [-0.4, -0.2) is 54.8 Å². The Morgan fingerprint density at radius 1 is 0.723 bits per heavy atom. The molecule has 14 heteroatoms. The lowest BCUT2D eigenvalue weighted by Crippen LogP contribution is -2.51. The Kier molecular flexibility index (Phi) is 14.8. The van der Waals surface area contributed by atoms with Crippen LogP contribution in [0, 0.1) is 65.7 Å². The largest absolute Gasteiger partial charge is 0.420 e. The number of ether oxygens (including phenoxy) is 1. The molecule has 0 saturated heterocycles. The van der Waals surface area contributed by atoms with Crippen molar-refractivity contribution in [3.8, 4) is 42.8 Å². The van der Waals surface area contributed by atoms with Crippen LogP contribution in [0.2, 0.25) is 0 Å². The van der Waals surface area contributed by atoms with E-state index in [-0.39, 0.29) is 89.9 Å². The molecule has 252 valence electrons. The molecule has 0 heterocycles. The summed E-state index contributed by atoms with van der Waals surface area (Å²) in [5.41, 5.74) is -2.66. The number of esters is 1. The van der Waals surface area contributed by atoms with Crippen molar-refractivity contribution >= 4 is 29.6 Å². The summed E-state index contributed by atoms with van der Waals surface area (Å²) in [4.78, 5) is 63.7. The zero-order chi connectivity index (χ0) is 35.0. The van der Waals surface area contributed by atoms with Crippen molar-refractivity contribution in [3.05, 3.63) is 29.3 Å². The minimum Gasteiger partial charge on any atom is -0.420 e. The summed E-state index contributed by atoms with van der Waals surface area (Å²) in [6, 6.07) is -0.0199. The summed E-state index contributed by atoms with van der Waals surface area (Å²) >= 11 is 0. The predicted molar refractivity (Wildman–Crippen MR) is 162 cm³/mol. The van der Waals surface area contributed by atoms with Crippen LogP contribution in [0.3, 0.4) is 0 Å². The number of benzene rings is 1. The molecule has 47 heavy (non-hydrogen) atoms. The van der Waals surface area contributed by atoms with Gasteiger partial charge in [0.15, 0.2) is 11.6 Å². The van der Waals surface area contributed by atoms with Gasteiger partial charge >= 0.3 is 5.97 Å². The molecular weight excluding hydrogens is 624 g/mol. The van der Waals surface area contributed by atoms with Crippen molar-refractivity contribution in [1.82, 2.24) is 21.3 Å². The van der Waals surface area contributed by atoms with Crippen LogP contribution in [0.5, 0.6) is 5.75 Å². The maximum absolute atomic E-state index is 14.2. The Morgan fingerprint density at radius 3 is 1.51 bits per heavy atom. The molecule has 2 rings (SSSR count). The van der Waals surface area contributed by atoms with Gasteiger partial charge in [-0.05, 0) is 38.5 Å². The number of nitrogens with one attached hydrogen (secondary N) is 4. The van der Waals surface area contributed by atoms with Crippen molar-refractivity contribution in [2.24, 2.45) is 5.41 Å². The fourth-order valence-electron chi connectivity index (χ4n) is 5.05. The molecule has 1 aromatic carbocycles. The van der Waals surface area contributed by atoms with Gasteiger partial charge in [-0.25, -0.2) is 8.78 Å². The third-order valence-corrected chi connectivity index (χ3v) is 7.90. The molecule has 1 aliphatic rings. The van der Waals surface area contributed by atoms with Crippen LogP contribution in [0.25, 0.3) is 0 Å². The van der Waals surface area contributed by atoms with Crippen molar-refractivity contribution in [3.63, 3.8) is 0 Å². The van der Waals surface area contributed by atoms with Crippen LogP contribution in [0.1, 0.15) is 70.6 Å². The van der Waals surface area contributed by atoms with E-state index in [0.717, 1.165) is 0 Å². The molecular formula is C33H36F4N4O6. The van der Waals surface area contributed by atoms with E-state index in [1.165, 1.54) is 0 Å². The van der Waals surface area contributed by atoms with Crippen LogP contribution in [-0.2, 0) is 24.0 Å². The van der Waals surface area contributed by atoms with E-state index >= 15 is 0 Å². The number of hydrogen-bond donors (Lipinski definition) is 4. The third-order valence-electron chi connectivity index (χ3n) is 7.90. The van der Waals surface area contributed by atoms with E-state index < -0.39 is 69.6 Å². The quantitative estimate of drug-likeness (QED) is 0.0627. The Labute approximate surface area is 270 Å². The molecule has 4 N–H and O–H groups in total. The van der Waals surface area contributed by atoms with Gasteiger partial charge in [0.05, 0.1) is 25.0 Å². The van der Waals surface area contributed by atoms with Crippen molar-refractivity contribution in [2.75, 3.05) is 19.6 Å². The van der Waals surface area contributed by atoms with Gasteiger partial charge in [-0.15, -0.1) is 19.3 Å². The second-order valence-corrected chi connectivity index (χ2v) is 11.1. The highest BCUT2D eigenvalue weighted by Gasteiger charge is 2.47. The minimum absolute atomic E-state index is 0.0170. The molecule has 0 bridgehead atoms. The Bertz CT molecular complexity index is 1360. The lowest BCUT2D eigenvalue weighted by Gasteiger charge is -2.40. The van der Waals surface area contributed by atoms with Gasteiger partial charge < -0.3 is 26.0 Å². The zero-order valence-electron chi connectivity index (χ0n) is 25.7. The first-order valence-corrected chi connectivity index (χ1v) is 14.8. The summed E-state index contributed by atoms with van der Waals surface area (Å²) in [5, 5.41) is 10.4.